The largest absolute Gasteiger partial charge is 0.497 e. The molecule has 5 heteroatoms. The van der Waals surface area contributed by atoms with Crippen LogP contribution in [0.15, 0.2) is 24.3 Å². The highest BCUT2D eigenvalue weighted by molar-refractivity contribution is 5.78. The van der Waals surface area contributed by atoms with Gasteiger partial charge in [-0.05, 0) is 36.5 Å². The van der Waals surface area contributed by atoms with Gasteiger partial charge in [-0.1, -0.05) is 12.1 Å². The lowest BCUT2D eigenvalue weighted by molar-refractivity contribution is -0.130. The number of methoxy groups -OCH3 is 1. The highest BCUT2D eigenvalue weighted by Gasteiger charge is 2.20. The van der Waals surface area contributed by atoms with Crippen LogP contribution in [0.2, 0.25) is 0 Å². The van der Waals surface area contributed by atoms with Crippen molar-refractivity contribution in [3.8, 4) is 5.75 Å². The van der Waals surface area contributed by atoms with E-state index in [4.69, 9.17) is 4.74 Å². The number of benzene rings is 1. The quantitative estimate of drug-likeness (QED) is 0.899. The van der Waals surface area contributed by atoms with Crippen molar-refractivity contribution in [2.24, 2.45) is 5.92 Å². The minimum Gasteiger partial charge on any atom is -0.497 e. The van der Waals surface area contributed by atoms with E-state index in [9.17, 15) is 9.59 Å². The van der Waals surface area contributed by atoms with Gasteiger partial charge in [0, 0.05) is 26.6 Å². The molecule has 22 heavy (non-hydrogen) atoms. The maximum Gasteiger partial charge on any atom is 0.224 e. The predicted molar refractivity (Wildman–Crippen MR) is 84.7 cm³/mol. The molecule has 1 aromatic carbocycles. The zero-order valence-electron chi connectivity index (χ0n) is 13.3. The second-order valence-corrected chi connectivity index (χ2v) is 5.78. The Morgan fingerprint density at radius 2 is 1.86 bits per heavy atom. The summed E-state index contributed by atoms with van der Waals surface area (Å²) in [4.78, 5) is 25.1. The molecule has 0 atom stereocenters. The summed E-state index contributed by atoms with van der Waals surface area (Å²) < 4.78 is 5.10. The van der Waals surface area contributed by atoms with Gasteiger partial charge in [-0.25, -0.2) is 0 Å². The molecule has 1 heterocycles. The average molecular weight is 304 g/mol. The monoisotopic (exact) mass is 304 g/mol. The predicted octanol–water partition coefficient (Wildman–Crippen LogP) is 1.61. The van der Waals surface area contributed by atoms with E-state index >= 15 is 0 Å². The molecule has 1 aliphatic rings. The summed E-state index contributed by atoms with van der Waals surface area (Å²) in [7, 11) is 1.62. The molecule has 0 unspecified atom stereocenters. The van der Waals surface area contributed by atoms with Crippen LogP contribution in [-0.4, -0.2) is 43.5 Å². The molecular weight excluding hydrogens is 280 g/mol. The molecule has 2 amide bonds. The molecule has 1 aromatic rings. The molecule has 0 saturated carbocycles. The number of nitrogens with zero attached hydrogens (tertiary/aromatic N) is 1. The molecule has 0 aliphatic carbocycles. The summed E-state index contributed by atoms with van der Waals surface area (Å²) in [6, 6.07) is 7.54. The fourth-order valence-electron chi connectivity index (χ4n) is 2.70. The van der Waals surface area contributed by atoms with Crippen molar-refractivity contribution in [3.05, 3.63) is 29.8 Å². The number of carbonyl (C=O) groups excluding carboxylic acids is 2. The van der Waals surface area contributed by atoms with E-state index in [0.29, 0.717) is 18.9 Å². The Morgan fingerprint density at radius 3 is 2.41 bits per heavy atom. The standard InChI is InChI=1S/C17H24N2O3/c1-13(20)19-9-7-15(8-10-19)12-18-17(21)11-14-3-5-16(22-2)6-4-14/h3-6,15H,7-12H2,1-2H3,(H,18,21). The molecule has 120 valence electrons. The number of hydrogen-bond acceptors (Lipinski definition) is 3. The molecule has 0 radical (unpaired) electrons. The smallest absolute Gasteiger partial charge is 0.224 e. The van der Waals surface area contributed by atoms with Crippen molar-refractivity contribution in [2.75, 3.05) is 26.7 Å². The molecule has 1 N–H and O–H groups in total. The van der Waals surface area contributed by atoms with Gasteiger partial charge in [0.1, 0.15) is 5.75 Å². The first kappa shape index (κ1) is 16.3. The second-order valence-electron chi connectivity index (χ2n) is 5.78. The maximum atomic E-state index is 12.0. The van der Waals surface area contributed by atoms with Crippen LogP contribution >= 0.6 is 0 Å². The SMILES string of the molecule is COc1ccc(CC(=O)NCC2CCN(C(C)=O)CC2)cc1. The van der Waals surface area contributed by atoms with Crippen molar-refractivity contribution < 1.29 is 14.3 Å². The molecule has 0 spiro atoms. The summed E-state index contributed by atoms with van der Waals surface area (Å²) >= 11 is 0. The Kier molecular flexibility index (Phi) is 5.81. The number of amides is 2. The Morgan fingerprint density at radius 1 is 1.23 bits per heavy atom. The average Bonchev–Trinajstić information content (AvgIpc) is 2.54. The topological polar surface area (TPSA) is 58.6 Å². The molecule has 1 aliphatic heterocycles. The fourth-order valence-corrected chi connectivity index (χ4v) is 2.70. The summed E-state index contributed by atoms with van der Waals surface area (Å²) in [5.41, 5.74) is 0.977. The number of likely N-dealkylation sites (tertiary alicyclic amines) is 1. The van der Waals surface area contributed by atoms with Crippen molar-refractivity contribution in [1.29, 1.82) is 0 Å². The van der Waals surface area contributed by atoms with Gasteiger partial charge in [0.2, 0.25) is 11.8 Å². The molecule has 0 aromatic heterocycles. The lowest BCUT2D eigenvalue weighted by Gasteiger charge is -2.31. The van der Waals surface area contributed by atoms with E-state index < -0.39 is 0 Å². The van der Waals surface area contributed by atoms with Gasteiger partial charge in [0.15, 0.2) is 0 Å². The van der Waals surface area contributed by atoms with Crippen LogP contribution in [0.25, 0.3) is 0 Å². The number of hydrogen-bond donors (Lipinski definition) is 1. The van der Waals surface area contributed by atoms with E-state index in [0.717, 1.165) is 37.2 Å². The van der Waals surface area contributed by atoms with E-state index in [2.05, 4.69) is 5.32 Å². The van der Waals surface area contributed by atoms with Gasteiger partial charge < -0.3 is 15.0 Å². The number of ether oxygens (including phenoxy) is 1. The van der Waals surface area contributed by atoms with Gasteiger partial charge in [-0.15, -0.1) is 0 Å². The third-order valence-electron chi connectivity index (χ3n) is 4.17. The van der Waals surface area contributed by atoms with E-state index in [-0.39, 0.29) is 11.8 Å². The summed E-state index contributed by atoms with van der Waals surface area (Å²) in [6.45, 7) is 3.90. The van der Waals surface area contributed by atoms with Crippen LogP contribution in [0.3, 0.4) is 0 Å². The van der Waals surface area contributed by atoms with E-state index in [1.807, 2.05) is 29.2 Å². The summed E-state index contributed by atoms with van der Waals surface area (Å²) in [5, 5.41) is 3.00. The Bertz CT molecular complexity index is 505. The van der Waals surface area contributed by atoms with Crippen LogP contribution in [0.4, 0.5) is 0 Å². The molecule has 2 rings (SSSR count). The lowest BCUT2D eigenvalue weighted by atomic mass is 9.96. The van der Waals surface area contributed by atoms with Crippen LogP contribution in [0.5, 0.6) is 5.75 Å². The van der Waals surface area contributed by atoms with Crippen LogP contribution in [-0.2, 0) is 16.0 Å². The lowest BCUT2D eigenvalue weighted by Crippen LogP contribution is -2.40. The minimum absolute atomic E-state index is 0.0409. The molecule has 0 bridgehead atoms. The first-order valence-corrected chi connectivity index (χ1v) is 7.73. The van der Waals surface area contributed by atoms with Gasteiger partial charge in [-0.2, -0.15) is 0 Å². The minimum atomic E-state index is 0.0409. The first-order chi connectivity index (χ1) is 10.6. The zero-order chi connectivity index (χ0) is 15.9. The van der Waals surface area contributed by atoms with Crippen molar-refractivity contribution in [2.45, 2.75) is 26.2 Å². The highest BCUT2D eigenvalue weighted by atomic mass is 16.5. The normalized spacial score (nSPS) is 15.5. The third kappa shape index (κ3) is 4.76. The van der Waals surface area contributed by atoms with Gasteiger partial charge in [0.05, 0.1) is 13.5 Å². The number of piperidine rings is 1. The van der Waals surface area contributed by atoms with Crippen LogP contribution in [0.1, 0.15) is 25.3 Å². The van der Waals surface area contributed by atoms with Crippen molar-refractivity contribution in [3.63, 3.8) is 0 Å². The fraction of sp³-hybridized carbons (Fsp3) is 0.529. The highest BCUT2D eigenvalue weighted by Crippen LogP contribution is 2.16. The van der Waals surface area contributed by atoms with E-state index in [1.54, 1.807) is 14.0 Å². The Labute approximate surface area is 131 Å². The molecule has 1 saturated heterocycles. The summed E-state index contributed by atoms with van der Waals surface area (Å²) in [6.07, 6.45) is 2.31. The number of carbonyl (C=O) groups is 2. The Balaban J connectivity index is 1.70. The first-order valence-electron chi connectivity index (χ1n) is 7.73. The molecule has 1 fully saturated rings. The van der Waals surface area contributed by atoms with Crippen molar-refractivity contribution >= 4 is 11.8 Å². The van der Waals surface area contributed by atoms with Gasteiger partial charge in [0.25, 0.3) is 0 Å². The molecular formula is C17H24N2O3. The number of nitrogens with one attached hydrogen (secondary N) is 1. The molecule has 5 nitrogen and oxygen atoms in total. The van der Waals surface area contributed by atoms with Gasteiger partial charge in [-0.3, -0.25) is 9.59 Å². The second kappa shape index (κ2) is 7.82. The van der Waals surface area contributed by atoms with Gasteiger partial charge >= 0.3 is 0 Å². The Hall–Kier alpha value is -2.04. The maximum absolute atomic E-state index is 12.0. The zero-order valence-corrected chi connectivity index (χ0v) is 13.3. The van der Waals surface area contributed by atoms with Crippen LogP contribution < -0.4 is 10.1 Å². The van der Waals surface area contributed by atoms with E-state index in [1.165, 1.54) is 0 Å². The summed E-state index contributed by atoms with van der Waals surface area (Å²) in [5.74, 6) is 1.44. The van der Waals surface area contributed by atoms with Crippen molar-refractivity contribution in [1.82, 2.24) is 10.2 Å². The van der Waals surface area contributed by atoms with Crippen LogP contribution in [0, 0.1) is 5.92 Å². The third-order valence-corrected chi connectivity index (χ3v) is 4.17. The number of rotatable bonds is 5.